The van der Waals surface area contributed by atoms with Crippen molar-refractivity contribution in [3.63, 3.8) is 0 Å². The van der Waals surface area contributed by atoms with Gasteiger partial charge in [0, 0.05) is 7.05 Å². The second-order valence-electron chi connectivity index (χ2n) is 2.59. The van der Waals surface area contributed by atoms with Gasteiger partial charge < -0.3 is 4.74 Å². The van der Waals surface area contributed by atoms with E-state index >= 15 is 0 Å². The summed E-state index contributed by atoms with van der Waals surface area (Å²) in [6, 6.07) is 0. The fraction of sp³-hybridized carbons (Fsp3) is 0.571. The van der Waals surface area contributed by atoms with Crippen LogP contribution in [0.3, 0.4) is 0 Å². The van der Waals surface area contributed by atoms with Crippen LogP contribution < -0.4 is 4.74 Å². The predicted octanol–water partition coefficient (Wildman–Crippen LogP) is 1.35. The third-order valence-corrected chi connectivity index (χ3v) is 1.19. The molecule has 62 valence electrons. The highest BCUT2D eigenvalue weighted by Crippen LogP contribution is 2.15. The van der Waals surface area contributed by atoms with Gasteiger partial charge in [0.15, 0.2) is 0 Å². The van der Waals surface area contributed by atoms with Gasteiger partial charge in [0.25, 0.3) is 0 Å². The van der Waals surface area contributed by atoms with Gasteiger partial charge in [-0.05, 0) is 13.8 Å². The number of nitrogens with zero attached hydrogens (tertiary/aromatic N) is 2. The molecule has 0 saturated heterocycles. The highest BCUT2D eigenvalue weighted by molar-refractivity contribution is 5.10. The van der Waals surface area contributed by atoms with Crippen LogP contribution in [0.5, 0.6) is 5.88 Å². The van der Waals surface area contributed by atoms with Crippen molar-refractivity contribution in [1.82, 2.24) is 9.78 Å². The maximum atomic E-state index is 12.8. The Hall–Kier alpha value is -1.06. The fourth-order valence-electron chi connectivity index (χ4n) is 0.755. The Balaban J connectivity index is 2.83. The van der Waals surface area contributed by atoms with E-state index in [2.05, 4.69) is 5.10 Å². The number of hydrogen-bond donors (Lipinski definition) is 0. The molecule has 0 bridgehead atoms. The summed E-state index contributed by atoms with van der Waals surface area (Å²) in [6.45, 7) is 3.68. The molecular weight excluding hydrogens is 147 g/mol. The molecule has 1 aromatic rings. The van der Waals surface area contributed by atoms with Crippen LogP contribution in [0.4, 0.5) is 4.39 Å². The number of hydrogen-bond acceptors (Lipinski definition) is 2. The molecule has 0 saturated carbocycles. The molecule has 0 unspecified atom stereocenters. The third-order valence-electron chi connectivity index (χ3n) is 1.19. The highest BCUT2D eigenvalue weighted by atomic mass is 19.1. The van der Waals surface area contributed by atoms with Crippen molar-refractivity contribution in [2.45, 2.75) is 20.0 Å². The molecule has 0 aliphatic carbocycles. The van der Waals surface area contributed by atoms with E-state index in [0.717, 1.165) is 6.20 Å². The van der Waals surface area contributed by atoms with Gasteiger partial charge in [-0.3, -0.25) is 0 Å². The zero-order valence-electron chi connectivity index (χ0n) is 6.84. The van der Waals surface area contributed by atoms with Crippen molar-refractivity contribution in [1.29, 1.82) is 0 Å². The van der Waals surface area contributed by atoms with Crippen LogP contribution in [0.15, 0.2) is 6.20 Å². The summed E-state index contributed by atoms with van der Waals surface area (Å²) in [5, 5.41) is 3.69. The molecule has 1 heterocycles. The Labute approximate surface area is 64.8 Å². The summed E-state index contributed by atoms with van der Waals surface area (Å²) in [7, 11) is 1.64. The Morgan fingerprint density at radius 2 is 2.27 bits per heavy atom. The van der Waals surface area contributed by atoms with E-state index in [1.165, 1.54) is 4.68 Å². The Morgan fingerprint density at radius 3 is 2.64 bits per heavy atom. The maximum Gasteiger partial charge on any atom is 0.248 e. The lowest BCUT2D eigenvalue weighted by atomic mass is 10.5. The lowest BCUT2D eigenvalue weighted by Crippen LogP contribution is -2.09. The monoisotopic (exact) mass is 158 g/mol. The van der Waals surface area contributed by atoms with Crippen molar-refractivity contribution in [3.8, 4) is 5.88 Å². The van der Waals surface area contributed by atoms with Gasteiger partial charge in [-0.1, -0.05) is 0 Å². The first kappa shape index (κ1) is 8.04. The van der Waals surface area contributed by atoms with Gasteiger partial charge in [0.2, 0.25) is 11.7 Å². The van der Waals surface area contributed by atoms with Crippen LogP contribution in [0, 0.1) is 5.82 Å². The molecule has 0 amide bonds. The molecule has 11 heavy (non-hydrogen) atoms. The minimum atomic E-state index is -0.416. The standard InChI is InChI=1S/C7H11FN2O/c1-5(2)11-7-6(8)4-9-10(7)3/h4-5H,1-3H3. The number of rotatable bonds is 2. The van der Waals surface area contributed by atoms with Gasteiger partial charge in [0.05, 0.1) is 12.3 Å². The van der Waals surface area contributed by atoms with Crippen molar-refractivity contribution >= 4 is 0 Å². The van der Waals surface area contributed by atoms with E-state index in [9.17, 15) is 4.39 Å². The number of halogens is 1. The molecule has 3 nitrogen and oxygen atoms in total. The summed E-state index contributed by atoms with van der Waals surface area (Å²) < 4.78 is 19.3. The normalized spacial score (nSPS) is 10.6. The number of aromatic nitrogens is 2. The van der Waals surface area contributed by atoms with Crippen molar-refractivity contribution < 1.29 is 9.13 Å². The summed E-state index contributed by atoms with van der Waals surface area (Å²) in [5.74, 6) is -0.221. The van der Waals surface area contributed by atoms with E-state index in [0.29, 0.717) is 0 Å². The smallest absolute Gasteiger partial charge is 0.248 e. The van der Waals surface area contributed by atoms with Crippen molar-refractivity contribution in [3.05, 3.63) is 12.0 Å². The minimum absolute atomic E-state index is 0.0279. The fourth-order valence-corrected chi connectivity index (χ4v) is 0.755. The van der Waals surface area contributed by atoms with Crippen LogP contribution in [-0.2, 0) is 7.05 Å². The molecule has 0 spiro atoms. The van der Waals surface area contributed by atoms with Gasteiger partial charge >= 0.3 is 0 Å². The lowest BCUT2D eigenvalue weighted by Gasteiger charge is -2.08. The highest BCUT2D eigenvalue weighted by Gasteiger charge is 2.09. The van der Waals surface area contributed by atoms with Gasteiger partial charge in [-0.25, -0.2) is 4.68 Å². The molecule has 0 radical (unpaired) electrons. The molecule has 0 aromatic carbocycles. The SMILES string of the molecule is CC(C)Oc1c(F)cnn1C. The Kier molecular flexibility index (Phi) is 2.12. The molecule has 0 aliphatic heterocycles. The first-order valence-electron chi connectivity index (χ1n) is 3.45. The van der Waals surface area contributed by atoms with Crippen LogP contribution in [0.1, 0.15) is 13.8 Å². The molecule has 0 aliphatic rings. The quantitative estimate of drug-likeness (QED) is 0.649. The van der Waals surface area contributed by atoms with Gasteiger partial charge in [-0.15, -0.1) is 0 Å². The molecular formula is C7H11FN2O. The van der Waals surface area contributed by atoms with E-state index in [4.69, 9.17) is 4.74 Å². The van der Waals surface area contributed by atoms with Crippen LogP contribution in [0.25, 0.3) is 0 Å². The average molecular weight is 158 g/mol. The molecule has 1 aromatic heterocycles. The molecule has 0 N–H and O–H groups in total. The predicted molar refractivity (Wildman–Crippen MR) is 38.9 cm³/mol. The molecule has 0 atom stereocenters. The zero-order chi connectivity index (χ0) is 8.43. The summed E-state index contributed by atoms with van der Waals surface area (Å²) in [5.41, 5.74) is 0. The van der Waals surface area contributed by atoms with E-state index < -0.39 is 5.82 Å². The van der Waals surface area contributed by atoms with Gasteiger partial charge in [-0.2, -0.15) is 9.49 Å². The van der Waals surface area contributed by atoms with Crippen molar-refractivity contribution in [2.75, 3.05) is 0 Å². The Morgan fingerprint density at radius 1 is 1.64 bits per heavy atom. The van der Waals surface area contributed by atoms with E-state index in [-0.39, 0.29) is 12.0 Å². The van der Waals surface area contributed by atoms with Crippen LogP contribution >= 0.6 is 0 Å². The first-order chi connectivity index (χ1) is 5.11. The van der Waals surface area contributed by atoms with Crippen molar-refractivity contribution in [2.24, 2.45) is 7.05 Å². The molecule has 1 rings (SSSR count). The van der Waals surface area contributed by atoms with E-state index in [1.54, 1.807) is 7.05 Å². The lowest BCUT2D eigenvalue weighted by molar-refractivity contribution is 0.211. The van der Waals surface area contributed by atoms with Crippen LogP contribution in [0.2, 0.25) is 0 Å². The second-order valence-corrected chi connectivity index (χ2v) is 2.59. The minimum Gasteiger partial charge on any atom is -0.473 e. The second kappa shape index (κ2) is 2.90. The van der Waals surface area contributed by atoms with Gasteiger partial charge in [0.1, 0.15) is 0 Å². The summed E-state index contributed by atoms with van der Waals surface area (Å²) >= 11 is 0. The van der Waals surface area contributed by atoms with E-state index in [1.807, 2.05) is 13.8 Å². The summed E-state index contributed by atoms with van der Waals surface area (Å²) in [6.07, 6.45) is 1.11. The number of ether oxygens (including phenoxy) is 1. The third kappa shape index (κ3) is 1.69. The van der Waals surface area contributed by atoms with Crippen LogP contribution in [-0.4, -0.2) is 15.9 Å². The number of aryl methyl sites for hydroxylation is 1. The molecule has 0 fully saturated rings. The summed E-state index contributed by atoms with van der Waals surface area (Å²) in [4.78, 5) is 0. The first-order valence-corrected chi connectivity index (χ1v) is 3.45. The zero-order valence-corrected chi connectivity index (χ0v) is 6.84. The molecule has 4 heteroatoms. The average Bonchev–Trinajstić information content (AvgIpc) is 2.18. The maximum absolute atomic E-state index is 12.8. The topological polar surface area (TPSA) is 27.1 Å². The largest absolute Gasteiger partial charge is 0.473 e. The Bertz CT molecular complexity index is 225.